The van der Waals surface area contributed by atoms with Gasteiger partial charge in [-0.2, -0.15) is 9.94 Å². The summed E-state index contributed by atoms with van der Waals surface area (Å²) < 4.78 is 10.5. The molecule has 0 amide bonds. The van der Waals surface area contributed by atoms with Crippen LogP contribution in [-0.2, 0) is 7.05 Å². The highest BCUT2D eigenvalue weighted by Gasteiger charge is 2.21. The summed E-state index contributed by atoms with van der Waals surface area (Å²) in [5.74, 6) is 1.19. The monoisotopic (exact) mass is 433 g/mol. The Morgan fingerprint density at radius 1 is 1.16 bits per heavy atom. The second-order valence-corrected chi connectivity index (χ2v) is 7.68. The van der Waals surface area contributed by atoms with Crippen molar-refractivity contribution in [2.75, 3.05) is 12.4 Å². The van der Waals surface area contributed by atoms with Gasteiger partial charge in [0.1, 0.15) is 5.75 Å². The Balaban J connectivity index is 1.52. The molecule has 2 heterocycles. The lowest BCUT2D eigenvalue weighted by Gasteiger charge is -2.07. The SMILES string of the molecule is Cc1c(-n2nnnc2SCCOc2cccc(C#N)c2)c(=O)n(-c2ccccc2)n1C. The van der Waals surface area contributed by atoms with Crippen LogP contribution in [0.15, 0.2) is 64.5 Å². The zero-order chi connectivity index (χ0) is 21.8. The lowest BCUT2D eigenvalue weighted by Crippen LogP contribution is -2.22. The normalized spacial score (nSPS) is 10.7. The number of aromatic nitrogens is 6. The first kappa shape index (κ1) is 20.4. The fourth-order valence-corrected chi connectivity index (χ4v) is 3.85. The molecule has 0 spiro atoms. The van der Waals surface area contributed by atoms with Crippen LogP contribution in [0.5, 0.6) is 5.75 Å². The molecule has 0 aliphatic heterocycles. The van der Waals surface area contributed by atoms with E-state index < -0.39 is 0 Å². The van der Waals surface area contributed by atoms with E-state index >= 15 is 0 Å². The summed E-state index contributed by atoms with van der Waals surface area (Å²) in [6.07, 6.45) is 0. The van der Waals surface area contributed by atoms with Crippen LogP contribution in [0.25, 0.3) is 11.4 Å². The van der Waals surface area contributed by atoms with Crippen LogP contribution in [0.4, 0.5) is 0 Å². The predicted molar refractivity (Wildman–Crippen MR) is 116 cm³/mol. The Bertz CT molecular complexity index is 1300. The highest BCUT2D eigenvalue weighted by molar-refractivity contribution is 7.99. The van der Waals surface area contributed by atoms with Crippen molar-refractivity contribution >= 4 is 11.8 Å². The molecule has 4 rings (SSSR count). The highest BCUT2D eigenvalue weighted by Crippen LogP contribution is 2.20. The Morgan fingerprint density at radius 2 is 1.97 bits per heavy atom. The summed E-state index contributed by atoms with van der Waals surface area (Å²) in [7, 11) is 1.83. The van der Waals surface area contributed by atoms with E-state index in [4.69, 9.17) is 10.00 Å². The number of thioether (sulfide) groups is 1. The van der Waals surface area contributed by atoms with Gasteiger partial charge in [-0.05, 0) is 47.7 Å². The van der Waals surface area contributed by atoms with Crippen LogP contribution in [0, 0.1) is 18.3 Å². The van der Waals surface area contributed by atoms with Crippen molar-refractivity contribution in [3.05, 3.63) is 76.2 Å². The van der Waals surface area contributed by atoms with Gasteiger partial charge in [-0.3, -0.25) is 9.48 Å². The number of para-hydroxylation sites is 1. The molecule has 9 nitrogen and oxygen atoms in total. The van der Waals surface area contributed by atoms with Gasteiger partial charge < -0.3 is 4.74 Å². The van der Waals surface area contributed by atoms with Crippen LogP contribution in [0.3, 0.4) is 0 Å². The van der Waals surface area contributed by atoms with Crippen molar-refractivity contribution in [3.63, 3.8) is 0 Å². The van der Waals surface area contributed by atoms with E-state index in [1.54, 1.807) is 33.6 Å². The van der Waals surface area contributed by atoms with Crippen LogP contribution in [0.2, 0.25) is 0 Å². The van der Waals surface area contributed by atoms with Gasteiger partial charge in [0.05, 0.1) is 29.6 Å². The molecule has 0 bridgehead atoms. The summed E-state index contributed by atoms with van der Waals surface area (Å²) in [4.78, 5) is 13.2. The van der Waals surface area contributed by atoms with E-state index in [1.807, 2.05) is 44.3 Å². The number of hydrogen-bond donors (Lipinski definition) is 0. The maximum Gasteiger partial charge on any atom is 0.297 e. The van der Waals surface area contributed by atoms with Gasteiger partial charge in [0.15, 0.2) is 5.69 Å². The smallest absolute Gasteiger partial charge is 0.297 e. The van der Waals surface area contributed by atoms with Gasteiger partial charge in [-0.25, -0.2) is 4.68 Å². The number of nitriles is 1. The fraction of sp³-hybridized carbons (Fsp3) is 0.190. The lowest BCUT2D eigenvalue weighted by atomic mass is 10.2. The molecule has 0 N–H and O–H groups in total. The third-order valence-corrected chi connectivity index (χ3v) is 5.61. The summed E-state index contributed by atoms with van der Waals surface area (Å²) in [5, 5.41) is 21.3. The first-order chi connectivity index (χ1) is 15.1. The molecule has 0 fully saturated rings. The molecule has 0 unspecified atom stereocenters. The minimum Gasteiger partial charge on any atom is -0.493 e. The highest BCUT2D eigenvalue weighted by atomic mass is 32.2. The van der Waals surface area contributed by atoms with Gasteiger partial charge in [-0.1, -0.05) is 36.0 Å². The molecule has 0 radical (unpaired) electrons. The zero-order valence-corrected chi connectivity index (χ0v) is 17.8. The Morgan fingerprint density at radius 3 is 2.74 bits per heavy atom. The number of ether oxygens (including phenoxy) is 1. The first-order valence-corrected chi connectivity index (χ1v) is 10.5. The third-order valence-electron chi connectivity index (χ3n) is 4.72. The second kappa shape index (κ2) is 8.89. The Kier molecular flexibility index (Phi) is 5.86. The molecule has 0 aliphatic rings. The van der Waals surface area contributed by atoms with E-state index in [-0.39, 0.29) is 5.56 Å². The molecule has 156 valence electrons. The van der Waals surface area contributed by atoms with E-state index in [9.17, 15) is 4.79 Å². The minimum absolute atomic E-state index is 0.204. The molecule has 2 aromatic carbocycles. The number of hydrogen-bond acceptors (Lipinski definition) is 7. The number of nitrogens with zero attached hydrogens (tertiary/aromatic N) is 7. The van der Waals surface area contributed by atoms with Crippen LogP contribution < -0.4 is 10.3 Å². The van der Waals surface area contributed by atoms with E-state index in [2.05, 4.69) is 21.6 Å². The second-order valence-electron chi connectivity index (χ2n) is 6.62. The number of rotatable bonds is 7. The summed E-state index contributed by atoms with van der Waals surface area (Å²) in [5.41, 5.74) is 2.25. The molecule has 10 heteroatoms. The molecular formula is C21H19N7O2S. The van der Waals surface area contributed by atoms with Crippen molar-refractivity contribution in [3.8, 4) is 23.2 Å². The summed E-state index contributed by atoms with van der Waals surface area (Å²) in [6.45, 7) is 2.26. The van der Waals surface area contributed by atoms with Gasteiger partial charge in [0.2, 0.25) is 5.16 Å². The van der Waals surface area contributed by atoms with Gasteiger partial charge in [-0.15, -0.1) is 5.10 Å². The first-order valence-electron chi connectivity index (χ1n) is 9.48. The molecule has 0 aliphatic carbocycles. The standard InChI is InChI=1S/C21H19N7O2S/c1-15-19(20(29)28(26(15)2)17-8-4-3-5-9-17)27-21(23-24-25-27)31-12-11-30-18-10-6-7-16(13-18)14-22/h3-10,13H,11-12H2,1-2H3. The molecule has 2 aromatic heterocycles. The van der Waals surface area contributed by atoms with Gasteiger partial charge >= 0.3 is 0 Å². The Labute approximate surface area is 182 Å². The fourth-order valence-electron chi connectivity index (χ4n) is 3.16. The molecule has 0 atom stereocenters. The summed E-state index contributed by atoms with van der Waals surface area (Å²) >= 11 is 1.39. The Hall–Kier alpha value is -3.84. The molecule has 31 heavy (non-hydrogen) atoms. The van der Waals surface area contributed by atoms with Crippen molar-refractivity contribution in [2.24, 2.45) is 7.05 Å². The minimum atomic E-state index is -0.204. The average Bonchev–Trinajstić information content (AvgIpc) is 3.33. The molecular weight excluding hydrogens is 414 g/mol. The van der Waals surface area contributed by atoms with Crippen molar-refractivity contribution < 1.29 is 4.74 Å². The predicted octanol–water partition coefficient (Wildman–Crippen LogP) is 2.50. The van der Waals surface area contributed by atoms with Crippen molar-refractivity contribution in [1.82, 2.24) is 29.6 Å². The maximum atomic E-state index is 13.2. The van der Waals surface area contributed by atoms with E-state index in [0.29, 0.717) is 34.5 Å². The summed E-state index contributed by atoms with van der Waals surface area (Å²) in [6, 6.07) is 18.5. The van der Waals surface area contributed by atoms with E-state index in [0.717, 1.165) is 11.4 Å². The van der Waals surface area contributed by atoms with Gasteiger partial charge in [0.25, 0.3) is 5.56 Å². The van der Waals surface area contributed by atoms with Gasteiger partial charge in [0, 0.05) is 12.8 Å². The van der Waals surface area contributed by atoms with Crippen molar-refractivity contribution in [1.29, 1.82) is 5.26 Å². The maximum absolute atomic E-state index is 13.2. The third kappa shape index (κ3) is 4.08. The molecule has 4 aromatic rings. The van der Waals surface area contributed by atoms with Crippen LogP contribution >= 0.6 is 11.8 Å². The molecule has 0 saturated carbocycles. The lowest BCUT2D eigenvalue weighted by molar-refractivity contribution is 0.343. The van der Waals surface area contributed by atoms with Crippen molar-refractivity contribution in [2.45, 2.75) is 12.1 Å². The quantitative estimate of drug-likeness (QED) is 0.326. The topological polar surface area (TPSA) is 104 Å². The number of benzene rings is 2. The largest absolute Gasteiger partial charge is 0.493 e. The van der Waals surface area contributed by atoms with E-state index in [1.165, 1.54) is 16.4 Å². The van der Waals surface area contributed by atoms with Crippen LogP contribution in [0.1, 0.15) is 11.3 Å². The molecule has 0 saturated heterocycles. The average molecular weight is 433 g/mol. The van der Waals surface area contributed by atoms with Crippen LogP contribution in [-0.4, -0.2) is 41.9 Å². The zero-order valence-electron chi connectivity index (χ0n) is 17.0. The number of tetrazole rings is 1.